The average molecular weight is 542 g/mol. The van der Waals surface area contributed by atoms with Crippen molar-refractivity contribution in [3.63, 3.8) is 0 Å². The second-order valence-corrected chi connectivity index (χ2v) is 8.10. The number of nitrogens with zero attached hydrogens (tertiary/aromatic N) is 3. The lowest BCUT2D eigenvalue weighted by Gasteiger charge is -2.23. The van der Waals surface area contributed by atoms with Gasteiger partial charge in [-0.15, -0.1) is 0 Å². The van der Waals surface area contributed by atoms with E-state index in [0.717, 1.165) is 35.5 Å². The highest BCUT2D eigenvalue weighted by Gasteiger charge is 2.20. The predicted molar refractivity (Wildman–Crippen MR) is 130 cm³/mol. The Labute approximate surface area is 196 Å². The Kier molecular flexibility index (Phi) is 14.3. The van der Waals surface area contributed by atoms with Crippen LogP contribution in [-0.2, 0) is 18.8 Å². The first-order valence-electron chi connectivity index (χ1n) is 10.4. The highest BCUT2D eigenvalue weighted by Crippen LogP contribution is 2.12. The maximum absolute atomic E-state index is 12.1. The first-order valence-corrected chi connectivity index (χ1v) is 11.9. The number of hydrogen-bond acceptors (Lipinski definition) is 6. The normalized spacial score (nSPS) is 13.4. The van der Waals surface area contributed by atoms with Crippen molar-refractivity contribution in [2.75, 3.05) is 25.0 Å². The van der Waals surface area contributed by atoms with Crippen LogP contribution in [-0.4, -0.2) is 50.2 Å². The van der Waals surface area contributed by atoms with Crippen LogP contribution in [0.5, 0.6) is 0 Å². The van der Waals surface area contributed by atoms with E-state index in [1.54, 1.807) is 0 Å². The molecule has 0 aliphatic rings. The van der Waals surface area contributed by atoms with E-state index in [0.29, 0.717) is 32.5 Å². The summed E-state index contributed by atoms with van der Waals surface area (Å²) in [5, 5.41) is 12.6. The minimum absolute atomic E-state index is 0.170. The third-order valence-electron chi connectivity index (χ3n) is 4.81. The molecule has 0 fully saturated rings. The molecule has 0 aromatic heterocycles. The first-order chi connectivity index (χ1) is 15.0. The number of anilines is 1. The van der Waals surface area contributed by atoms with Crippen molar-refractivity contribution in [1.29, 1.82) is 0 Å². The minimum atomic E-state index is -0.621. The fourth-order valence-corrected chi connectivity index (χ4v) is 3.34. The van der Waals surface area contributed by atoms with Gasteiger partial charge in [-0.1, -0.05) is 53.2 Å². The smallest absolute Gasteiger partial charge is 0.220 e. The number of nitrogens with one attached hydrogen (secondary N) is 3. The number of benzene rings is 1. The van der Waals surface area contributed by atoms with Crippen LogP contribution in [0.4, 0.5) is 5.69 Å². The van der Waals surface area contributed by atoms with E-state index in [-0.39, 0.29) is 11.8 Å². The molecule has 9 nitrogen and oxygen atoms in total. The number of rotatable bonds is 17. The topological polar surface area (TPSA) is 136 Å². The first kappa shape index (κ1) is 26.9. The molecule has 1 aromatic carbocycles. The molecule has 0 saturated carbocycles. The van der Waals surface area contributed by atoms with E-state index in [4.69, 9.17) is 5.53 Å². The molecule has 3 N–H and O–H groups in total. The number of alkyl halides is 1. The third-order valence-corrected chi connectivity index (χ3v) is 5.69. The monoisotopic (exact) mass is 542 g/mol. The van der Waals surface area contributed by atoms with Gasteiger partial charge in [-0.05, 0) is 42.0 Å². The molecular formula is C21H31IN6O3. The third kappa shape index (κ3) is 11.7. The van der Waals surface area contributed by atoms with Crippen LogP contribution >= 0.6 is 22.6 Å². The largest absolute Gasteiger partial charge is 0.383 e. The zero-order valence-electron chi connectivity index (χ0n) is 17.8. The predicted octanol–water partition coefficient (Wildman–Crippen LogP) is 3.38. The summed E-state index contributed by atoms with van der Waals surface area (Å²) < 4.78 is 0.945. The molecule has 0 saturated heterocycles. The Bertz CT molecular complexity index is 724. The molecule has 1 unspecified atom stereocenters. The van der Waals surface area contributed by atoms with Crippen molar-refractivity contribution < 1.29 is 14.4 Å². The fourth-order valence-electron chi connectivity index (χ4n) is 2.83. The molecule has 31 heavy (non-hydrogen) atoms. The quantitative estimate of drug-likeness (QED) is 0.0528. The number of azide groups is 1. The van der Waals surface area contributed by atoms with Gasteiger partial charge in [0.05, 0.1) is 12.1 Å². The summed E-state index contributed by atoms with van der Waals surface area (Å²) in [6, 6.07) is 7.01. The summed E-state index contributed by atoms with van der Waals surface area (Å²) in [7, 11) is 0. The van der Waals surface area contributed by atoms with Crippen LogP contribution in [0.2, 0.25) is 0 Å². The number of halogens is 1. The molecule has 1 rings (SSSR count). The van der Waals surface area contributed by atoms with Gasteiger partial charge in [0.1, 0.15) is 12.6 Å². The number of aldehydes is 2. The van der Waals surface area contributed by atoms with E-state index >= 15 is 0 Å². The van der Waals surface area contributed by atoms with Crippen molar-refractivity contribution in [3.8, 4) is 0 Å². The maximum Gasteiger partial charge on any atom is 0.220 e. The zero-order chi connectivity index (χ0) is 22.9. The molecule has 1 aromatic rings. The Balaban J connectivity index is 2.35. The number of amides is 1. The molecule has 10 heteroatoms. The van der Waals surface area contributed by atoms with Crippen LogP contribution in [0.3, 0.4) is 0 Å². The Morgan fingerprint density at radius 1 is 1.16 bits per heavy atom. The van der Waals surface area contributed by atoms with E-state index in [1.807, 2.05) is 31.2 Å². The summed E-state index contributed by atoms with van der Waals surface area (Å²) in [5.41, 5.74) is 10.4. The molecule has 0 spiro atoms. The zero-order valence-corrected chi connectivity index (χ0v) is 20.0. The highest BCUT2D eigenvalue weighted by molar-refractivity contribution is 14.1. The Hall–Kier alpha value is -2.17. The molecule has 0 bridgehead atoms. The van der Waals surface area contributed by atoms with Crippen LogP contribution in [0.15, 0.2) is 29.4 Å². The Morgan fingerprint density at radius 3 is 2.52 bits per heavy atom. The highest BCUT2D eigenvalue weighted by atomic mass is 127. The number of carbonyl (C=O) groups is 3. The molecule has 0 aliphatic heterocycles. The van der Waals surface area contributed by atoms with E-state index in [1.165, 1.54) is 5.56 Å². The summed E-state index contributed by atoms with van der Waals surface area (Å²) >= 11 is 2.31. The number of hydrogen-bond donors (Lipinski definition) is 3. The summed E-state index contributed by atoms with van der Waals surface area (Å²) in [5.74, 6) is -0.354. The molecule has 3 atom stereocenters. The van der Waals surface area contributed by atoms with Gasteiger partial charge in [-0.2, -0.15) is 0 Å². The van der Waals surface area contributed by atoms with Gasteiger partial charge in [-0.25, -0.2) is 0 Å². The number of carbonyl (C=O) groups excluding carboxylic acids is 3. The van der Waals surface area contributed by atoms with Gasteiger partial charge < -0.3 is 25.5 Å². The molecule has 0 aliphatic carbocycles. The Morgan fingerprint density at radius 2 is 1.90 bits per heavy atom. The van der Waals surface area contributed by atoms with Crippen LogP contribution < -0.4 is 16.0 Å². The lowest BCUT2D eigenvalue weighted by atomic mass is 10.0. The molecular weight excluding hydrogens is 511 g/mol. The van der Waals surface area contributed by atoms with E-state index in [2.05, 4.69) is 48.6 Å². The van der Waals surface area contributed by atoms with Crippen molar-refractivity contribution in [3.05, 3.63) is 40.3 Å². The molecule has 170 valence electrons. The summed E-state index contributed by atoms with van der Waals surface area (Å²) in [6.07, 6.45) is 4.07. The van der Waals surface area contributed by atoms with Gasteiger partial charge in [0, 0.05) is 41.1 Å². The lowest BCUT2D eigenvalue weighted by Crippen LogP contribution is -2.47. The van der Waals surface area contributed by atoms with Crippen LogP contribution in [0.25, 0.3) is 10.4 Å². The SMILES string of the molecule is C[C@@H](CN[C@H](C=O)CNc1ccc(CI)cc1)C(C=O)NC(=O)CCCCCN=[N+]=[N-]. The van der Waals surface area contributed by atoms with Crippen LogP contribution in [0, 0.1) is 5.92 Å². The molecule has 0 radical (unpaired) electrons. The lowest BCUT2D eigenvalue weighted by molar-refractivity contribution is -0.124. The summed E-state index contributed by atoms with van der Waals surface area (Å²) in [4.78, 5) is 37.6. The van der Waals surface area contributed by atoms with Crippen LogP contribution in [0.1, 0.15) is 38.2 Å². The standard InChI is InChI=1S/C21H31IN6O3/c1-16(20(15-30)27-21(31)5-3-2-4-10-26-28-23)12-24-19(14-29)13-25-18-8-6-17(11-22)7-9-18/h6-9,14-16,19-20,24-25H,2-5,10-13H2,1H3,(H,27,31)/t16-,19-,20?/m0/s1. The van der Waals surface area contributed by atoms with E-state index in [9.17, 15) is 14.4 Å². The average Bonchev–Trinajstić information content (AvgIpc) is 2.80. The maximum atomic E-state index is 12.1. The minimum Gasteiger partial charge on any atom is -0.383 e. The number of unbranched alkanes of at least 4 members (excludes halogenated alkanes) is 2. The molecule has 1 amide bonds. The van der Waals surface area contributed by atoms with Crippen molar-refractivity contribution in [2.45, 2.75) is 49.1 Å². The van der Waals surface area contributed by atoms with E-state index < -0.39 is 12.1 Å². The van der Waals surface area contributed by atoms with Gasteiger partial charge in [0.2, 0.25) is 5.91 Å². The van der Waals surface area contributed by atoms with Gasteiger partial charge >= 0.3 is 0 Å². The second kappa shape index (κ2) is 16.5. The van der Waals surface area contributed by atoms with Gasteiger partial charge in [0.25, 0.3) is 0 Å². The van der Waals surface area contributed by atoms with Crippen molar-refractivity contribution >= 4 is 46.8 Å². The van der Waals surface area contributed by atoms with Crippen molar-refractivity contribution in [2.24, 2.45) is 11.0 Å². The summed E-state index contributed by atoms with van der Waals surface area (Å²) in [6.45, 7) is 3.11. The molecule has 0 heterocycles. The second-order valence-electron chi connectivity index (χ2n) is 7.33. The van der Waals surface area contributed by atoms with Gasteiger partial charge in [-0.3, -0.25) is 4.79 Å². The van der Waals surface area contributed by atoms with Crippen molar-refractivity contribution in [1.82, 2.24) is 10.6 Å². The van der Waals surface area contributed by atoms with Gasteiger partial charge in [0.15, 0.2) is 0 Å². The fraction of sp³-hybridized carbons (Fsp3) is 0.571.